The number of nitrogens with two attached hydrogens (primary N) is 1. The van der Waals surface area contributed by atoms with Crippen molar-refractivity contribution in [3.63, 3.8) is 0 Å². The fourth-order valence-corrected chi connectivity index (χ4v) is 2.25. The molecule has 100 valence electrons. The molecule has 1 aromatic rings. The molecule has 0 amide bonds. The summed E-state index contributed by atoms with van der Waals surface area (Å²) < 4.78 is 5.19. The summed E-state index contributed by atoms with van der Waals surface area (Å²) in [6, 6.07) is 9.58. The lowest BCUT2D eigenvalue weighted by Crippen LogP contribution is -2.29. The molecule has 0 spiro atoms. The number of methoxy groups -OCH3 is 1. The number of hydrogen-bond acceptors (Lipinski definition) is 3. The molecule has 3 heteroatoms. The molecule has 0 saturated heterocycles. The van der Waals surface area contributed by atoms with Crippen LogP contribution in [-0.2, 0) is 4.74 Å². The van der Waals surface area contributed by atoms with Crippen molar-refractivity contribution in [2.75, 3.05) is 25.2 Å². The standard InChI is InChI=1S/C15H24N2O/c1-3-15(16)12-4-6-13(7-5-12)17(10-11-18-2)14-8-9-14/h4-7,14-15H,3,8-11,16H2,1-2H3/t15-/m1/s1. The van der Waals surface area contributed by atoms with Gasteiger partial charge in [0.15, 0.2) is 0 Å². The summed E-state index contributed by atoms with van der Waals surface area (Å²) in [7, 11) is 1.76. The lowest BCUT2D eigenvalue weighted by atomic mass is 10.1. The van der Waals surface area contributed by atoms with Crippen LogP contribution in [0.25, 0.3) is 0 Å². The zero-order chi connectivity index (χ0) is 13.0. The van der Waals surface area contributed by atoms with Crippen LogP contribution in [0.2, 0.25) is 0 Å². The maximum absolute atomic E-state index is 6.04. The van der Waals surface area contributed by atoms with E-state index >= 15 is 0 Å². The van der Waals surface area contributed by atoms with E-state index < -0.39 is 0 Å². The average molecular weight is 248 g/mol. The van der Waals surface area contributed by atoms with Crippen molar-refractivity contribution in [3.05, 3.63) is 29.8 Å². The van der Waals surface area contributed by atoms with E-state index in [1.165, 1.54) is 24.1 Å². The van der Waals surface area contributed by atoms with Crippen LogP contribution in [0.1, 0.15) is 37.8 Å². The Kier molecular flexibility index (Phi) is 4.61. The van der Waals surface area contributed by atoms with Crippen molar-refractivity contribution in [3.8, 4) is 0 Å². The van der Waals surface area contributed by atoms with Gasteiger partial charge in [0.2, 0.25) is 0 Å². The molecule has 0 heterocycles. The first-order valence-corrected chi connectivity index (χ1v) is 6.87. The normalized spacial score (nSPS) is 16.6. The molecule has 18 heavy (non-hydrogen) atoms. The number of anilines is 1. The Morgan fingerprint density at radius 1 is 1.33 bits per heavy atom. The minimum absolute atomic E-state index is 0.160. The molecule has 2 N–H and O–H groups in total. The van der Waals surface area contributed by atoms with Gasteiger partial charge in [-0.25, -0.2) is 0 Å². The molecule has 0 bridgehead atoms. The molecule has 0 aromatic heterocycles. The Balaban J connectivity index is 2.05. The van der Waals surface area contributed by atoms with E-state index in [-0.39, 0.29) is 6.04 Å². The van der Waals surface area contributed by atoms with Crippen molar-refractivity contribution in [2.24, 2.45) is 5.73 Å². The third-order valence-corrected chi connectivity index (χ3v) is 3.62. The molecule has 1 aliphatic rings. The fraction of sp³-hybridized carbons (Fsp3) is 0.600. The van der Waals surface area contributed by atoms with E-state index in [1.54, 1.807) is 7.11 Å². The second-order valence-corrected chi connectivity index (χ2v) is 5.02. The minimum atomic E-state index is 0.160. The molecular formula is C15H24N2O. The SMILES string of the molecule is CC[C@@H](N)c1ccc(N(CCOC)C2CC2)cc1. The lowest BCUT2D eigenvalue weighted by Gasteiger charge is -2.25. The third kappa shape index (κ3) is 3.24. The molecule has 0 radical (unpaired) electrons. The number of hydrogen-bond donors (Lipinski definition) is 1. The summed E-state index contributed by atoms with van der Waals surface area (Å²) in [5.74, 6) is 0. The number of ether oxygens (including phenoxy) is 1. The molecule has 1 fully saturated rings. The van der Waals surface area contributed by atoms with Crippen LogP contribution in [0.3, 0.4) is 0 Å². The summed E-state index contributed by atoms with van der Waals surface area (Å²) in [4.78, 5) is 2.45. The van der Waals surface area contributed by atoms with Gasteiger partial charge < -0.3 is 15.4 Å². The summed E-state index contributed by atoms with van der Waals surface area (Å²) in [6.45, 7) is 3.88. The largest absolute Gasteiger partial charge is 0.383 e. The molecule has 1 saturated carbocycles. The van der Waals surface area contributed by atoms with Crippen molar-refractivity contribution in [1.29, 1.82) is 0 Å². The van der Waals surface area contributed by atoms with Crippen LogP contribution in [-0.4, -0.2) is 26.3 Å². The first-order valence-electron chi connectivity index (χ1n) is 6.87. The fourth-order valence-electron chi connectivity index (χ4n) is 2.25. The number of nitrogens with zero attached hydrogens (tertiary/aromatic N) is 1. The van der Waals surface area contributed by atoms with Gasteiger partial charge in [0.05, 0.1) is 6.61 Å². The van der Waals surface area contributed by atoms with Gasteiger partial charge in [0, 0.05) is 31.4 Å². The molecule has 0 unspecified atom stereocenters. The second-order valence-electron chi connectivity index (χ2n) is 5.02. The van der Waals surface area contributed by atoms with Gasteiger partial charge in [-0.15, -0.1) is 0 Å². The smallest absolute Gasteiger partial charge is 0.0637 e. The highest BCUT2D eigenvalue weighted by Gasteiger charge is 2.28. The Labute approximate surface area is 110 Å². The van der Waals surface area contributed by atoms with E-state index in [0.29, 0.717) is 6.04 Å². The zero-order valence-electron chi connectivity index (χ0n) is 11.4. The highest BCUT2D eigenvalue weighted by atomic mass is 16.5. The topological polar surface area (TPSA) is 38.5 Å². The van der Waals surface area contributed by atoms with Crippen LogP contribution in [0.5, 0.6) is 0 Å². The van der Waals surface area contributed by atoms with Gasteiger partial charge in [0.1, 0.15) is 0 Å². The quantitative estimate of drug-likeness (QED) is 0.806. The van der Waals surface area contributed by atoms with Crippen LogP contribution < -0.4 is 10.6 Å². The van der Waals surface area contributed by atoms with E-state index in [1.807, 2.05) is 0 Å². The first-order chi connectivity index (χ1) is 8.76. The van der Waals surface area contributed by atoms with Crippen LogP contribution in [0.4, 0.5) is 5.69 Å². The summed E-state index contributed by atoms with van der Waals surface area (Å²) in [6.07, 6.45) is 3.59. The first kappa shape index (κ1) is 13.4. The average Bonchev–Trinajstić information content (AvgIpc) is 3.24. The Bertz CT molecular complexity index is 359. The molecule has 1 aliphatic carbocycles. The van der Waals surface area contributed by atoms with Gasteiger partial charge in [-0.05, 0) is 37.0 Å². The van der Waals surface area contributed by atoms with Crippen molar-refractivity contribution < 1.29 is 4.74 Å². The lowest BCUT2D eigenvalue weighted by molar-refractivity contribution is 0.205. The second kappa shape index (κ2) is 6.21. The molecule has 3 nitrogen and oxygen atoms in total. The Morgan fingerprint density at radius 2 is 2.00 bits per heavy atom. The van der Waals surface area contributed by atoms with E-state index in [2.05, 4.69) is 36.1 Å². The molecule has 2 rings (SSSR count). The van der Waals surface area contributed by atoms with Crippen LogP contribution in [0.15, 0.2) is 24.3 Å². The molecular weight excluding hydrogens is 224 g/mol. The summed E-state index contributed by atoms with van der Waals surface area (Å²) in [5.41, 5.74) is 8.56. The van der Waals surface area contributed by atoms with Crippen molar-refractivity contribution in [1.82, 2.24) is 0 Å². The Hall–Kier alpha value is -1.06. The van der Waals surface area contributed by atoms with E-state index in [0.717, 1.165) is 19.6 Å². The third-order valence-electron chi connectivity index (χ3n) is 3.62. The molecule has 0 aliphatic heterocycles. The number of rotatable bonds is 7. The van der Waals surface area contributed by atoms with Gasteiger partial charge >= 0.3 is 0 Å². The van der Waals surface area contributed by atoms with E-state index in [9.17, 15) is 0 Å². The Morgan fingerprint density at radius 3 is 2.50 bits per heavy atom. The van der Waals surface area contributed by atoms with Gasteiger partial charge in [-0.1, -0.05) is 19.1 Å². The molecule has 1 atom stereocenters. The van der Waals surface area contributed by atoms with Crippen LogP contribution in [0, 0.1) is 0 Å². The van der Waals surface area contributed by atoms with Gasteiger partial charge in [-0.3, -0.25) is 0 Å². The van der Waals surface area contributed by atoms with E-state index in [4.69, 9.17) is 10.5 Å². The van der Waals surface area contributed by atoms with Crippen molar-refractivity contribution in [2.45, 2.75) is 38.3 Å². The summed E-state index contributed by atoms with van der Waals surface area (Å²) >= 11 is 0. The number of benzene rings is 1. The molecule has 1 aromatic carbocycles. The predicted octanol–water partition coefficient (Wildman–Crippen LogP) is 2.71. The maximum Gasteiger partial charge on any atom is 0.0637 e. The van der Waals surface area contributed by atoms with Gasteiger partial charge in [0.25, 0.3) is 0 Å². The summed E-state index contributed by atoms with van der Waals surface area (Å²) in [5, 5.41) is 0. The zero-order valence-corrected chi connectivity index (χ0v) is 11.4. The van der Waals surface area contributed by atoms with Crippen molar-refractivity contribution >= 4 is 5.69 Å². The monoisotopic (exact) mass is 248 g/mol. The highest BCUT2D eigenvalue weighted by Crippen LogP contribution is 2.32. The predicted molar refractivity (Wildman–Crippen MR) is 75.9 cm³/mol. The minimum Gasteiger partial charge on any atom is -0.383 e. The highest BCUT2D eigenvalue weighted by molar-refractivity contribution is 5.50. The maximum atomic E-state index is 6.04. The van der Waals surface area contributed by atoms with Crippen LogP contribution >= 0.6 is 0 Å². The van der Waals surface area contributed by atoms with Gasteiger partial charge in [-0.2, -0.15) is 0 Å².